The van der Waals surface area contributed by atoms with E-state index in [0.717, 1.165) is 0 Å². The van der Waals surface area contributed by atoms with Crippen molar-refractivity contribution in [2.45, 2.75) is 12.5 Å². The van der Waals surface area contributed by atoms with E-state index in [9.17, 15) is 9.50 Å². The summed E-state index contributed by atoms with van der Waals surface area (Å²) in [6, 6.07) is 2.02. The molecule has 0 fully saturated rings. The summed E-state index contributed by atoms with van der Waals surface area (Å²) < 4.78 is 17.8. The van der Waals surface area contributed by atoms with Gasteiger partial charge in [0.15, 0.2) is 17.3 Å². The number of methoxy groups -OCH3 is 1. The number of aliphatic hydroxyl groups excluding tert-OH is 1. The van der Waals surface area contributed by atoms with Crippen LogP contribution in [0.3, 0.4) is 0 Å². The molecule has 0 aromatic heterocycles. The number of rotatable bonds is 4. The Morgan fingerprint density at radius 1 is 1.53 bits per heavy atom. The van der Waals surface area contributed by atoms with Crippen LogP contribution in [0.1, 0.15) is 18.0 Å². The quantitative estimate of drug-likeness (QED) is 0.698. The molecule has 5 heteroatoms. The molecule has 0 aliphatic carbocycles. The SMILES string of the molecule is COc1c(F)ccc(C(N)CCO)c1O. The number of halogens is 1. The van der Waals surface area contributed by atoms with Crippen molar-refractivity contribution >= 4 is 0 Å². The number of aromatic hydroxyl groups is 1. The lowest BCUT2D eigenvalue weighted by molar-refractivity contribution is 0.274. The first-order valence-electron chi connectivity index (χ1n) is 4.53. The van der Waals surface area contributed by atoms with Crippen LogP contribution >= 0.6 is 0 Å². The second kappa shape index (κ2) is 4.95. The molecule has 1 rings (SSSR count). The van der Waals surface area contributed by atoms with Crippen LogP contribution in [-0.2, 0) is 0 Å². The van der Waals surface area contributed by atoms with Gasteiger partial charge in [-0.15, -0.1) is 0 Å². The average molecular weight is 215 g/mol. The van der Waals surface area contributed by atoms with Gasteiger partial charge in [0, 0.05) is 18.2 Å². The molecule has 0 aliphatic rings. The zero-order valence-corrected chi connectivity index (χ0v) is 8.40. The molecule has 1 unspecified atom stereocenters. The molecule has 1 aromatic carbocycles. The van der Waals surface area contributed by atoms with E-state index in [0.29, 0.717) is 12.0 Å². The van der Waals surface area contributed by atoms with Crippen LogP contribution in [-0.4, -0.2) is 23.9 Å². The molecule has 0 radical (unpaired) electrons. The number of aliphatic hydroxyl groups is 1. The highest BCUT2D eigenvalue weighted by atomic mass is 19.1. The van der Waals surface area contributed by atoms with Gasteiger partial charge in [-0.3, -0.25) is 0 Å². The third-order valence-electron chi connectivity index (χ3n) is 2.16. The smallest absolute Gasteiger partial charge is 0.196 e. The van der Waals surface area contributed by atoms with E-state index in [2.05, 4.69) is 0 Å². The fourth-order valence-electron chi connectivity index (χ4n) is 1.35. The first-order valence-corrected chi connectivity index (χ1v) is 4.53. The summed E-state index contributed by atoms with van der Waals surface area (Å²) in [5.74, 6) is -1.17. The molecule has 0 amide bonds. The Morgan fingerprint density at radius 3 is 2.73 bits per heavy atom. The van der Waals surface area contributed by atoms with Gasteiger partial charge in [0.2, 0.25) is 0 Å². The Hall–Kier alpha value is -1.33. The standard InChI is InChI=1S/C10H14FNO3/c1-15-10-7(11)3-2-6(9(10)14)8(12)4-5-13/h2-3,8,13-14H,4-5,12H2,1H3. The van der Waals surface area contributed by atoms with E-state index in [1.165, 1.54) is 19.2 Å². The molecule has 0 saturated carbocycles. The fourth-order valence-corrected chi connectivity index (χ4v) is 1.35. The molecule has 15 heavy (non-hydrogen) atoms. The molecule has 1 aromatic rings. The molecular formula is C10H14FNO3. The summed E-state index contributed by atoms with van der Waals surface area (Å²) >= 11 is 0. The van der Waals surface area contributed by atoms with Crippen LogP contribution in [0.15, 0.2) is 12.1 Å². The maximum absolute atomic E-state index is 13.1. The van der Waals surface area contributed by atoms with Crippen molar-refractivity contribution in [1.82, 2.24) is 0 Å². The van der Waals surface area contributed by atoms with Gasteiger partial charge in [0.25, 0.3) is 0 Å². The molecule has 84 valence electrons. The summed E-state index contributed by atoms with van der Waals surface area (Å²) in [6.45, 7) is -0.0969. The Balaban J connectivity index is 3.09. The van der Waals surface area contributed by atoms with Crippen molar-refractivity contribution in [3.63, 3.8) is 0 Å². The van der Waals surface area contributed by atoms with Crippen LogP contribution in [0.2, 0.25) is 0 Å². The predicted octanol–water partition coefficient (Wildman–Crippen LogP) is 0.922. The van der Waals surface area contributed by atoms with Crippen LogP contribution in [0.5, 0.6) is 11.5 Å². The van der Waals surface area contributed by atoms with Gasteiger partial charge in [-0.05, 0) is 12.5 Å². The van der Waals surface area contributed by atoms with E-state index in [1.807, 2.05) is 0 Å². The van der Waals surface area contributed by atoms with Gasteiger partial charge in [-0.25, -0.2) is 4.39 Å². The second-order valence-electron chi connectivity index (χ2n) is 3.14. The third-order valence-corrected chi connectivity index (χ3v) is 2.16. The topological polar surface area (TPSA) is 75.7 Å². The number of hydrogen-bond acceptors (Lipinski definition) is 4. The minimum absolute atomic E-state index is 0.0969. The monoisotopic (exact) mass is 215 g/mol. The molecule has 0 saturated heterocycles. The second-order valence-corrected chi connectivity index (χ2v) is 3.14. The summed E-state index contributed by atoms with van der Waals surface area (Å²) in [4.78, 5) is 0. The number of hydrogen-bond donors (Lipinski definition) is 3. The fraction of sp³-hybridized carbons (Fsp3) is 0.400. The maximum Gasteiger partial charge on any atom is 0.196 e. The van der Waals surface area contributed by atoms with Crippen molar-refractivity contribution < 1.29 is 19.3 Å². The van der Waals surface area contributed by atoms with Crippen molar-refractivity contribution in [2.75, 3.05) is 13.7 Å². The number of phenolic OH excluding ortho intramolecular Hbond substituents is 1. The summed E-state index contributed by atoms with van der Waals surface area (Å²) in [5.41, 5.74) is 6.05. The molecule has 1 atom stereocenters. The Bertz CT molecular complexity index is 344. The normalized spacial score (nSPS) is 12.5. The zero-order chi connectivity index (χ0) is 11.4. The lowest BCUT2D eigenvalue weighted by Crippen LogP contribution is -2.12. The van der Waals surface area contributed by atoms with Crippen molar-refractivity contribution in [1.29, 1.82) is 0 Å². The molecule has 0 bridgehead atoms. The van der Waals surface area contributed by atoms with Gasteiger partial charge in [-0.1, -0.05) is 6.07 Å². The predicted molar refractivity (Wildman–Crippen MR) is 53.2 cm³/mol. The summed E-state index contributed by atoms with van der Waals surface area (Å²) in [5, 5.41) is 18.3. The first-order chi connectivity index (χ1) is 7.11. The van der Waals surface area contributed by atoms with Crippen LogP contribution in [0.4, 0.5) is 4.39 Å². The molecule has 4 nitrogen and oxygen atoms in total. The first kappa shape index (κ1) is 11.7. The molecule has 4 N–H and O–H groups in total. The zero-order valence-electron chi connectivity index (χ0n) is 8.40. The highest BCUT2D eigenvalue weighted by molar-refractivity contribution is 5.47. The summed E-state index contributed by atoms with van der Waals surface area (Å²) in [7, 11) is 1.26. The minimum Gasteiger partial charge on any atom is -0.504 e. The van der Waals surface area contributed by atoms with Gasteiger partial charge in [0.05, 0.1) is 7.11 Å². The van der Waals surface area contributed by atoms with E-state index < -0.39 is 11.9 Å². The van der Waals surface area contributed by atoms with Crippen LogP contribution < -0.4 is 10.5 Å². The number of ether oxygens (including phenoxy) is 1. The van der Waals surface area contributed by atoms with E-state index in [1.54, 1.807) is 0 Å². The minimum atomic E-state index is -0.644. The molecule has 0 aliphatic heterocycles. The molecular weight excluding hydrogens is 201 g/mol. The van der Waals surface area contributed by atoms with E-state index in [-0.39, 0.29) is 18.1 Å². The number of phenols is 1. The van der Waals surface area contributed by atoms with Crippen molar-refractivity contribution in [2.24, 2.45) is 5.73 Å². The Morgan fingerprint density at radius 2 is 2.20 bits per heavy atom. The van der Waals surface area contributed by atoms with Gasteiger partial charge in [0.1, 0.15) is 0 Å². The summed E-state index contributed by atoms with van der Waals surface area (Å²) in [6.07, 6.45) is 0.294. The lowest BCUT2D eigenvalue weighted by atomic mass is 10.0. The van der Waals surface area contributed by atoms with Crippen molar-refractivity contribution in [3.05, 3.63) is 23.5 Å². The molecule has 0 heterocycles. The van der Waals surface area contributed by atoms with Crippen molar-refractivity contribution in [3.8, 4) is 11.5 Å². The van der Waals surface area contributed by atoms with E-state index >= 15 is 0 Å². The Kier molecular flexibility index (Phi) is 3.88. The number of benzene rings is 1. The highest BCUT2D eigenvalue weighted by Crippen LogP contribution is 2.35. The van der Waals surface area contributed by atoms with Crippen LogP contribution in [0.25, 0.3) is 0 Å². The third kappa shape index (κ3) is 2.37. The highest BCUT2D eigenvalue weighted by Gasteiger charge is 2.17. The van der Waals surface area contributed by atoms with Gasteiger partial charge < -0.3 is 20.7 Å². The van der Waals surface area contributed by atoms with Gasteiger partial charge in [-0.2, -0.15) is 0 Å². The number of nitrogens with two attached hydrogens (primary N) is 1. The Labute approximate surface area is 87.1 Å². The van der Waals surface area contributed by atoms with Gasteiger partial charge >= 0.3 is 0 Å². The molecule has 0 spiro atoms. The largest absolute Gasteiger partial charge is 0.504 e. The average Bonchev–Trinajstić information content (AvgIpc) is 2.18. The van der Waals surface area contributed by atoms with Crippen LogP contribution in [0, 0.1) is 5.82 Å². The lowest BCUT2D eigenvalue weighted by Gasteiger charge is -2.14. The van der Waals surface area contributed by atoms with E-state index in [4.69, 9.17) is 15.6 Å². The maximum atomic E-state index is 13.1.